The van der Waals surface area contributed by atoms with Crippen molar-refractivity contribution in [1.29, 1.82) is 0 Å². The molecule has 1 unspecified atom stereocenters. The molecular weight excluding hydrogens is 422 g/mol. The van der Waals surface area contributed by atoms with Crippen molar-refractivity contribution in [2.75, 3.05) is 0 Å². The van der Waals surface area contributed by atoms with Gasteiger partial charge in [0.25, 0.3) is 0 Å². The van der Waals surface area contributed by atoms with Gasteiger partial charge in [0.05, 0.1) is 12.8 Å². The molecule has 3 N–H and O–H groups in total. The predicted molar refractivity (Wildman–Crippen MR) is 122 cm³/mol. The molecule has 3 amide bonds. The van der Waals surface area contributed by atoms with Crippen LogP contribution in [0.2, 0.25) is 0 Å². The number of hydrogen-bond acceptors (Lipinski definition) is 5. The number of benzene rings is 2. The van der Waals surface area contributed by atoms with Crippen LogP contribution in [0.1, 0.15) is 23.8 Å². The number of nitrogens with one attached hydrogen (secondary N) is 3. The lowest BCUT2D eigenvalue weighted by molar-refractivity contribution is -0.129. The molecule has 0 spiro atoms. The van der Waals surface area contributed by atoms with E-state index in [0.717, 1.165) is 11.1 Å². The zero-order valence-electron chi connectivity index (χ0n) is 18.3. The number of furan rings is 1. The maximum absolute atomic E-state index is 12.9. The SMILES string of the molecule is CC(NC(=O)[C@H](Cc1ccccc1)NC(=O)OCc1ccccc1)C(=O)NCc1ccco1. The third kappa shape index (κ3) is 7.84. The minimum atomic E-state index is -0.920. The molecule has 0 fully saturated rings. The Morgan fingerprint density at radius 3 is 2.15 bits per heavy atom. The molecule has 1 heterocycles. The van der Waals surface area contributed by atoms with E-state index in [2.05, 4.69) is 16.0 Å². The molecule has 2 atom stereocenters. The van der Waals surface area contributed by atoms with Crippen LogP contribution < -0.4 is 16.0 Å². The van der Waals surface area contributed by atoms with Crippen LogP contribution in [0.15, 0.2) is 83.5 Å². The van der Waals surface area contributed by atoms with Gasteiger partial charge in [-0.2, -0.15) is 0 Å². The molecule has 1 aromatic heterocycles. The molecule has 0 saturated heterocycles. The fraction of sp³-hybridized carbons (Fsp3) is 0.240. The van der Waals surface area contributed by atoms with Crippen molar-refractivity contribution in [3.8, 4) is 0 Å². The van der Waals surface area contributed by atoms with Crippen molar-refractivity contribution in [2.24, 2.45) is 0 Å². The molecule has 8 nitrogen and oxygen atoms in total. The van der Waals surface area contributed by atoms with Crippen LogP contribution >= 0.6 is 0 Å². The molecule has 0 aliphatic rings. The third-order valence-electron chi connectivity index (χ3n) is 4.87. The second-order valence-corrected chi connectivity index (χ2v) is 7.48. The Hall–Kier alpha value is -4.07. The number of rotatable bonds is 10. The number of ether oxygens (including phenoxy) is 1. The van der Waals surface area contributed by atoms with Gasteiger partial charge in [-0.25, -0.2) is 4.79 Å². The van der Waals surface area contributed by atoms with E-state index >= 15 is 0 Å². The second-order valence-electron chi connectivity index (χ2n) is 7.48. The molecule has 0 saturated carbocycles. The predicted octanol–water partition coefficient (Wildman–Crippen LogP) is 2.94. The van der Waals surface area contributed by atoms with Crippen LogP contribution in [0, 0.1) is 0 Å². The van der Waals surface area contributed by atoms with E-state index in [-0.39, 0.29) is 25.5 Å². The van der Waals surface area contributed by atoms with Gasteiger partial charge in [-0.05, 0) is 30.2 Å². The first kappa shape index (κ1) is 23.6. The lowest BCUT2D eigenvalue weighted by Crippen LogP contribution is -2.53. The summed E-state index contributed by atoms with van der Waals surface area (Å²) in [7, 11) is 0. The average molecular weight is 450 g/mol. The maximum Gasteiger partial charge on any atom is 0.408 e. The van der Waals surface area contributed by atoms with Gasteiger partial charge in [0.15, 0.2) is 0 Å². The Kier molecular flexibility index (Phi) is 8.64. The van der Waals surface area contributed by atoms with Gasteiger partial charge >= 0.3 is 6.09 Å². The summed E-state index contributed by atoms with van der Waals surface area (Å²) in [6, 6.07) is 20.3. The van der Waals surface area contributed by atoms with E-state index in [9.17, 15) is 14.4 Å². The molecular formula is C25H27N3O5. The Morgan fingerprint density at radius 2 is 1.52 bits per heavy atom. The van der Waals surface area contributed by atoms with E-state index in [0.29, 0.717) is 5.76 Å². The largest absolute Gasteiger partial charge is 0.467 e. The summed E-state index contributed by atoms with van der Waals surface area (Å²) in [5, 5.41) is 7.97. The van der Waals surface area contributed by atoms with Gasteiger partial charge in [0.1, 0.15) is 24.5 Å². The highest BCUT2D eigenvalue weighted by atomic mass is 16.5. The Bertz CT molecular complexity index is 1020. The standard InChI is InChI=1S/C25H27N3O5/c1-18(23(29)26-16-21-13-8-14-32-21)27-24(30)22(15-19-9-4-2-5-10-19)28-25(31)33-17-20-11-6-3-7-12-20/h2-14,18,22H,15-17H2,1H3,(H,26,29)(H,27,30)(H,28,31)/t18?,22-/m0/s1. The molecule has 8 heteroatoms. The monoisotopic (exact) mass is 449 g/mol. The molecule has 33 heavy (non-hydrogen) atoms. The zero-order valence-corrected chi connectivity index (χ0v) is 18.3. The zero-order chi connectivity index (χ0) is 23.5. The molecule has 172 valence electrons. The first-order valence-corrected chi connectivity index (χ1v) is 10.6. The van der Waals surface area contributed by atoms with Gasteiger partial charge < -0.3 is 25.1 Å². The molecule has 3 aromatic rings. The highest BCUT2D eigenvalue weighted by molar-refractivity contribution is 5.91. The first-order chi connectivity index (χ1) is 16.0. The quantitative estimate of drug-likeness (QED) is 0.441. The Labute approximate surface area is 192 Å². The smallest absolute Gasteiger partial charge is 0.408 e. The average Bonchev–Trinajstić information content (AvgIpc) is 3.36. The number of carbonyl (C=O) groups excluding carboxylic acids is 3. The summed E-state index contributed by atoms with van der Waals surface area (Å²) in [5.74, 6) is -0.257. The molecule has 0 bridgehead atoms. The van der Waals surface area contributed by atoms with Crippen LogP contribution in [-0.2, 0) is 33.9 Å². The molecule has 2 aromatic carbocycles. The van der Waals surface area contributed by atoms with Crippen molar-refractivity contribution < 1.29 is 23.5 Å². The van der Waals surface area contributed by atoms with E-state index < -0.39 is 24.1 Å². The van der Waals surface area contributed by atoms with E-state index in [4.69, 9.17) is 9.15 Å². The molecule has 0 aliphatic carbocycles. The highest BCUT2D eigenvalue weighted by Gasteiger charge is 2.25. The van der Waals surface area contributed by atoms with E-state index in [1.54, 1.807) is 19.1 Å². The van der Waals surface area contributed by atoms with Gasteiger partial charge in [-0.3, -0.25) is 9.59 Å². The summed E-state index contributed by atoms with van der Waals surface area (Å²) in [5.41, 5.74) is 1.69. The fourth-order valence-corrected chi connectivity index (χ4v) is 3.09. The number of hydrogen-bond donors (Lipinski definition) is 3. The molecule has 0 radical (unpaired) electrons. The minimum absolute atomic E-state index is 0.0813. The Balaban J connectivity index is 1.57. The Morgan fingerprint density at radius 1 is 0.848 bits per heavy atom. The van der Waals surface area contributed by atoms with Gasteiger partial charge in [-0.1, -0.05) is 60.7 Å². The van der Waals surface area contributed by atoms with Crippen molar-refractivity contribution in [3.63, 3.8) is 0 Å². The van der Waals surface area contributed by atoms with Crippen molar-refractivity contribution in [1.82, 2.24) is 16.0 Å². The molecule has 3 rings (SSSR count). The maximum atomic E-state index is 12.9. The summed E-state index contributed by atoms with van der Waals surface area (Å²) < 4.78 is 10.4. The summed E-state index contributed by atoms with van der Waals surface area (Å²) in [4.78, 5) is 37.7. The van der Waals surface area contributed by atoms with E-state index in [1.807, 2.05) is 60.7 Å². The normalized spacial score (nSPS) is 12.3. The number of amides is 3. The summed E-state index contributed by atoms with van der Waals surface area (Å²) >= 11 is 0. The van der Waals surface area contributed by atoms with Crippen molar-refractivity contribution in [3.05, 3.63) is 95.9 Å². The fourth-order valence-electron chi connectivity index (χ4n) is 3.09. The first-order valence-electron chi connectivity index (χ1n) is 10.6. The minimum Gasteiger partial charge on any atom is -0.467 e. The van der Waals surface area contributed by atoms with Crippen LogP contribution in [0.3, 0.4) is 0 Å². The topological polar surface area (TPSA) is 110 Å². The number of carbonyl (C=O) groups is 3. The van der Waals surface area contributed by atoms with Crippen molar-refractivity contribution in [2.45, 2.75) is 38.6 Å². The van der Waals surface area contributed by atoms with Crippen LogP contribution in [0.4, 0.5) is 4.79 Å². The van der Waals surface area contributed by atoms with Gasteiger partial charge in [0, 0.05) is 6.42 Å². The van der Waals surface area contributed by atoms with Crippen LogP contribution in [0.25, 0.3) is 0 Å². The summed E-state index contributed by atoms with van der Waals surface area (Å²) in [6.45, 7) is 1.87. The number of alkyl carbamates (subject to hydrolysis) is 1. The van der Waals surface area contributed by atoms with Gasteiger partial charge in [0.2, 0.25) is 11.8 Å². The lowest BCUT2D eigenvalue weighted by Gasteiger charge is -2.21. The van der Waals surface area contributed by atoms with Crippen LogP contribution in [-0.4, -0.2) is 30.0 Å². The van der Waals surface area contributed by atoms with Gasteiger partial charge in [-0.15, -0.1) is 0 Å². The highest BCUT2D eigenvalue weighted by Crippen LogP contribution is 2.06. The lowest BCUT2D eigenvalue weighted by atomic mass is 10.1. The summed E-state index contributed by atoms with van der Waals surface area (Å²) in [6.07, 6.45) is 1.04. The molecule has 0 aliphatic heterocycles. The van der Waals surface area contributed by atoms with E-state index in [1.165, 1.54) is 6.26 Å². The van der Waals surface area contributed by atoms with Crippen LogP contribution in [0.5, 0.6) is 0 Å². The second kappa shape index (κ2) is 12.1. The third-order valence-corrected chi connectivity index (χ3v) is 4.87. The van der Waals surface area contributed by atoms with Crippen molar-refractivity contribution >= 4 is 17.9 Å².